The number of hydrogen-bond acceptors (Lipinski definition) is 1. The van der Waals surface area contributed by atoms with Gasteiger partial charge in [0.2, 0.25) is 0 Å². The van der Waals surface area contributed by atoms with Crippen molar-refractivity contribution in [3.05, 3.63) is 0 Å². The third-order valence-corrected chi connectivity index (χ3v) is 1.51. The van der Waals surface area contributed by atoms with Gasteiger partial charge in [-0.05, 0) is 11.7 Å². The molecule has 0 amide bonds. The van der Waals surface area contributed by atoms with E-state index in [1.165, 1.54) is 6.92 Å². The van der Waals surface area contributed by atoms with Crippen LogP contribution in [0.5, 0.6) is 0 Å². The van der Waals surface area contributed by atoms with Gasteiger partial charge in [0.05, 0.1) is 0 Å². The Hall–Kier alpha value is 0.140. The van der Waals surface area contributed by atoms with Gasteiger partial charge in [-0.15, -0.1) is 0 Å². The molecule has 4 heteroatoms. The summed E-state index contributed by atoms with van der Waals surface area (Å²) in [4.78, 5) is 0. The summed E-state index contributed by atoms with van der Waals surface area (Å²) in [5, 5.41) is 0. The van der Waals surface area contributed by atoms with E-state index in [0.717, 1.165) is 0 Å². The van der Waals surface area contributed by atoms with Crippen molar-refractivity contribution >= 4 is 12.6 Å². The van der Waals surface area contributed by atoms with Gasteiger partial charge >= 0.3 is 6.18 Å². The van der Waals surface area contributed by atoms with E-state index in [2.05, 4.69) is 12.6 Å². The van der Waals surface area contributed by atoms with E-state index in [4.69, 9.17) is 0 Å². The smallest absolute Gasteiger partial charge is 0.179 e. The highest BCUT2D eigenvalue weighted by atomic mass is 32.1. The monoisotopic (exact) mass is 158 g/mol. The van der Waals surface area contributed by atoms with Crippen molar-refractivity contribution in [1.29, 1.82) is 0 Å². The first kappa shape index (κ1) is 9.14. The third-order valence-electron chi connectivity index (χ3n) is 0.892. The second-order valence-electron chi connectivity index (χ2n) is 2.11. The van der Waals surface area contributed by atoms with Crippen LogP contribution in [0.2, 0.25) is 0 Å². The molecule has 1 atom stereocenters. The Morgan fingerprint density at radius 2 is 1.89 bits per heavy atom. The first-order valence-corrected chi connectivity index (χ1v) is 3.26. The molecule has 0 nitrogen and oxygen atoms in total. The average molecular weight is 158 g/mol. The van der Waals surface area contributed by atoms with Crippen molar-refractivity contribution in [3.8, 4) is 0 Å². The van der Waals surface area contributed by atoms with Crippen molar-refractivity contribution in [2.24, 2.45) is 5.92 Å². The molecule has 0 aliphatic carbocycles. The summed E-state index contributed by atoms with van der Waals surface area (Å²) < 4.78 is 34.4. The van der Waals surface area contributed by atoms with Gasteiger partial charge in [0.15, 0.2) is 0 Å². The van der Waals surface area contributed by atoms with Crippen LogP contribution < -0.4 is 0 Å². The number of thiol groups is 1. The van der Waals surface area contributed by atoms with Crippen LogP contribution in [0.3, 0.4) is 0 Å². The molecule has 0 aliphatic heterocycles. The Labute approximate surface area is 57.9 Å². The fraction of sp³-hybridized carbons (Fsp3) is 1.00. The van der Waals surface area contributed by atoms with E-state index in [1.807, 2.05) is 0 Å². The number of rotatable bonds is 2. The summed E-state index contributed by atoms with van der Waals surface area (Å²) in [7, 11) is 0. The van der Waals surface area contributed by atoms with Crippen molar-refractivity contribution in [2.45, 2.75) is 19.5 Å². The van der Waals surface area contributed by atoms with Gasteiger partial charge in [-0.3, -0.25) is 0 Å². The molecule has 0 saturated carbocycles. The van der Waals surface area contributed by atoms with Gasteiger partial charge in [0, 0.05) is 6.42 Å². The lowest BCUT2D eigenvalue weighted by molar-refractivity contribution is -0.141. The maximum absolute atomic E-state index is 11.5. The molecule has 0 aromatic carbocycles. The van der Waals surface area contributed by atoms with Crippen LogP contribution >= 0.6 is 12.6 Å². The van der Waals surface area contributed by atoms with Crippen molar-refractivity contribution in [2.75, 3.05) is 5.75 Å². The highest BCUT2D eigenvalue weighted by Gasteiger charge is 2.29. The zero-order valence-electron chi connectivity index (χ0n) is 5.07. The Morgan fingerprint density at radius 3 is 2.00 bits per heavy atom. The minimum Gasteiger partial charge on any atom is -0.179 e. The molecular weight excluding hydrogens is 149 g/mol. The molecule has 0 unspecified atom stereocenters. The summed E-state index contributed by atoms with van der Waals surface area (Å²) in [5.74, 6) is -0.0761. The first-order valence-electron chi connectivity index (χ1n) is 2.63. The van der Waals surface area contributed by atoms with Gasteiger partial charge in [-0.25, -0.2) is 0 Å². The molecule has 0 aromatic rings. The molecule has 0 N–H and O–H groups in total. The third kappa shape index (κ3) is 6.02. The summed E-state index contributed by atoms with van der Waals surface area (Å²) in [5.41, 5.74) is 0. The predicted octanol–water partition coefficient (Wildman–Crippen LogP) is 2.50. The lowest BCUT2D eigenvalue weighted by Gasteiger charge is -2.09. The fourth-order valence-corrected chi connectivity index (χ4v) is 0.589. The highest BCUT2D eigenvalue weighted by molar-refractivity contribution is 7.80. The van der Waals surface area contributed by atoms with Crippen molar-refractivity contribution in [3.63, 3.8) is 0 Å². The minimum absolute atomic E-state index is 0.291. The van der Waals surface area contributed by atoms with Gasteiger partial charge in [-0.2, -0.15) is 25.8 Å². The SMILES string of the molecule is C[C@@H](CS)CC(F)(F)F. The molecule has 0 radical (unpaired) electrons. The van der Waals surface area contributed by atoms with E-state index in [-0.39, 0.29) is 5.92 Å². The largest absolute Gasteiger partial charge is 0.389 e. The van der Waals surface area contributed by atoms with Gasteiger partial charge in [-0.1, -0.05) is 6.92 Å². The van der Waals surface area contributed by atoms with Crippen LogP contribution in [-0.4, -0.2) is 11.9 Å². The predicted molar refractivity (Wildman–Crippen MR) is 33.7 cm³/mol. The summed E-state index contributed by atoms with van der Waals surface area (Å²) in [6.07, 6.45) is -4.75. The van der Waals surface area contributed by atoms with E-state index < -0.39 is 12.6 Å². The maximum Gasteiger partial charge on any atom is 0.389 e. The van der Waals surface area contributed by atoms with E-state index in [0.29, 0.717) is 5.75 Å². The zero-order valence-corrected chi connectivity index (χ0v) is 5.97. The molecule has 9 heavy (non-hydrogen) atoms. The summed E-state index contributed by atoms with van der Waals surface area (Å²) in [6, 6.07) is 0. The number of halogens is 3. The van der Waals surface area contributed by atoms with Crippen LogP contribution in [0.25, 0.3) is 0 Å². The second kappa shape index (κ2) is 3.34. The molecule has 0 aliphatic rings. The topological polar surface area (TPSA) is 0 Å². The quantitative estimate of drug-likeness (QED) is 0.586. The number of hydrogen-bond donors (Lipinski definition) is 1. The molecule has 0 aromatic heterocycles. The zero-order chi connectivity index (χ0) is 7.49. The second-order valence-corrected chi connectivity index (χ2v) is 2.47. The molecular formula is C5H9F3S. The molecule has 0 heterocycles. The van der Waals surface area contributed by atoms with Crippen LogP contribution in [-0.2, 0) is 0 Å². The maximum atomic E-state index is 11.5. The van der Waals surface area contributed by atoms with Gasteiger partial charge < -0.3 is 0 Å². The lowest BCUT2D eigenvalue weighted by Crippen LogP contribution is -2.13. The van der Waals surface area contributed by atoms with Crippen LogP contribution in [0.1, 0.15) is 13.3 Å². The van der Waals surface area contributed by atoms with Crippen molar-refractivity contribution in [1.82, 2.24) is 0 Å². The Kier molecular flexibility index (Phi) is 3.40. The molecule has 0 spiro atoms. The normalized spacial score (nSPS) is 15.7. The van der Waals surface area contributed by atoms with Crippen LogP contribution in [0.4, 0.5) is 13.2 Å². The fourth-order valence-electron chi connectivity index (χ4n) is 0.460. The van der Waals surface area contributed by atoms with E-state index in [9.17, 15) is 13.2 Å². The lowest BCUT2D eigenvalue weighted by atomic mass is 10.1. The molecule has 56 valence electrons. The Balaban J connectivity index is 3.47. The van der Waals surface area contributed by atoms with E-state index in [1.54, 1.807) is 0 Å². The van der Waals surface area contributed by atoms with Gasteiger partial charge in [0.1, 0.15) is 0 Å². The molecule has 0 rings (SSSR count). The molecule has 0 fully saturated rings. The summed E-state index contributed by atoms with van der Waals surface area (Å²) in [6.45, 7) is 1.53. The van der Waals surface area contributed by atoms with Crippen molar-refractivity contribution < 1.29 is 13.2 Å². The standard InChI is InChI=1S/C5H9F3S/c1-4(3-9)2-5(6,7)8/h4,9H,2-3H2,1H3/t4-/m1/s1. The molecule has 0 saturated heterocycles. The summed E-state index contributed by atoms with van der Waals surface area (Å²) >= 11 is 3.73. The average Bonchev–Trinajstić information content (AvgIpc) is 1.62. The van der Waals surface area contributed by atoms with E-state index >= 15 is 0 Å². The Morgan fingerprint density at radius 1 is 1.44 bits per heavy atom. The minimum atomic E-state index is -4.03. The van der Waals surface area contributed by atoms with Crippen LogP contribution in [0.15, 0.2) is 0 Å². The molecule has 0 bridgehead atoms. The Bertz CT molecular complexity index is 78.8. The van der Waals surface area contributed by atoms with Gasteiger partial charge in [0.25, 0.3) is 0 Å². The number of alkyl halides is 3. The van der Waals surface area contributed by atoms with Crippen LogP contribution in [0, 0.1) is 5.92 Å². The highest BCUT2D eigenvalue weighted by Crippen LogP contribution is 2.24. The first-order chi connectivity index (χ1) is 3.95.